The standard InChI is InChI=1S/C25H26ClO3Si/c1-25(2,3)18-12-14-22(15-13-18)30(21-10-5-4-6-11-21)29-20-9-7-8-19(16-20)28-24(26)23-17-27-23/h4-16,23-24H,17H2,1-3H3/t23-,24?/m0/s1. The van der Waals surface area contributed by atoms with Gasteiger partial charge in [0.05, 0.1) is 6.61 Å². The number of benzene rings is 3. The number of ether oxygens (including phenoxy) is 2. The summed E-state index contributed by atoms with van der Waals surface area (Å²) >= 11 is 6.23. The Labute approximate surface area is 185 Å². The van der Waals surface area contributed by atoms with Gasteiger partial charge in [-0.25, -0.2) is 0 Å². The van der Waals surface area contributed by atoms with E-state index in [9.17, 15) is 0 Å². The van der Waals surface area contributed by atoms with Gasteiger partial charge in [-0.15, -0.1) is 0 Å². The molecule has 3 nitrogen and oxygen atoms in total. The monoisotopic (exact) mass is 437 g/mol. The minimum absolute atomic E-state index is 0.0264. The van der Waals surface area contributed by atoms with Crippen molar-refractivity contribution in [2.45, 2.75) is 37.9 Å². The Morgan fingerprint density at radius 1 is 0.900 bits per heavy atom. The zero-order chi connectivity index (χ0) is 21.1. The van der Waals surface area contributed by atoms with E-state index in [0.717, 1.165) is 5.75 Å². The molecule has 4 rings (SSSR count). The van der Waals surface area contributed by atoms with E-state index in [2.05, 4.69) is 69.3 Å². The normalized spacial score (nSPS) is 16.9. The predicted molar refractivity (Wildman–Crippen MR) is 124 cm³/mol. The first-order valence-corrected chi connectivity index (χ1v) is 12.0. The highest BCUT2D eigenvalue weighted by molar-refractivity contribution is 6.80. The number of epoxide rings is 1. The van der Waals surface area contributed by atoms with Gasteiger partial charge in [-0.2, -0.15) is 0 Å². The lowest BCUT2D eigenvalue weighted by molar-refractivity contribution is 0.228. The Kier molecular flexibility index (Phi) is 6.18. The second kappa shape index (κ2) is 8.84. The zero-order valence-electron chi connectivity index (χ0n) is 17.5. The fourth-order valence-electron chi connectivity index (χ4n) is 3.14. The molecule has 1 aliphatic heterocycles. The van der Waals surface area contributed by atoms with E-state index in [1.165, 1.54) is 15.9 Å². The van der Waals surface area contributed by atoms with Gasteiger partial charge in [0.2, 0.25) is 0 Å². The molecule has 0 aromatic heterocycles. The molecular weight excluding hydrogens is 412 g/mol. The number of alkyl halides is 1. The topological polar surface area (TPSA) is 31.0 Å². The Hall–Kier alpha value is -2.27. The average Bonchev–Trinajstić information content (AvgIpc) is 3.58. The first kappa shape index (κ1) is 21.0. The van der Waals surface area contributed by atoms with Crippen LogP contribution >= 0.6 is 11.6 Å². The van der Waals surface area contributed by atoms with Gasteiger partial charge in [-0.1, -0.05) is 93.0 Å². The predicted octanol–water partition coefficient (Wildman–Crippen LogP) is 4.51. The molecule has 1 aliphatic rings. The third-order valence-electron chi connectivity index (χ3n) is 4.97. The molecule has 1 radical (unpaired) electrons. The highest BCUT2D eigenvalue weighted by atomic mass is 35.5. The van der Waals surface area contributed by atoms with Crippen LogP contribution in [0.1, 0.15) is 26.3 Å². The van der Waals surface area contributed by atoms with E-state index < -0.39 is 14.6 Å². The van der Waals surface area contributed by atoms with Gasteiger partial charge >= 0.3 is 9.04 Å². The SMILES string of the molecule is CC(C)(C)c1ccc([Si](Oc2cccc(OC(Cl)[C@@H]3CO3)c2)c2ccccc2)cc1. The molecule has 1 fully saturated rings. The second-order valence-corrected chi connectivity index (χ2v) is 10.9. The van der Waals surface area contributed by atoms with Crippen LogP contribution in [0.25, 0.3) is 0 Å². The molecule has 155 valence electrons. The summed E-state index contributed by atoms with van der Waals surface area (Å²) < 4.78 is 17.6. The van der Waals surface area contributed by atoms with Crippen LogP contribution in [-0.2, 0) is 10.2 Å². The van der Waals surface area contributed by atoms with E-state index in [4.69, 9.17) is 25.5 Å². The highest BCUT2D eigenvalue weighted by Crippen LogP contribution is 2.26. The van der Waals surface area contributed by atoms with Crippen LogP contribution in [0.5, 0.6) is 11.5 Å². The summed E-state index contributed by atoms with van der Waals surface area (Å²) in [6.45, 7) is 7.33. The van der Waals surface area contributed by atoms with Crippen LogP contribution in [0.15, 0.2) is 78.9 Å². The molecule has 1 saturated heterocycles. The van der Waals surface area contributed by atoms with Crippen molar-refractivity contribution in [2.75, 3.05) is 6.61 Å². The molecule has 0 aliphatic carbocycles. The van der Waals surface area contributed by atoms with Crippen molar-refractivity contribution in [2.24, 2.45) is 0 Å². The lowest BCUT2D eigenvalue weighted by Crippen LogP contribution is -2.47. The molecule has 3 aromatic rings. The Morgan fingerprint density at radius 2 is 1.53 bits per heavy atom. The molecule has 0 amide bonds. The third-order valence-corrected chi connectivity index (χ3v) is 7.50. The van der Waals surface area contributed by atoms with E-state index in [1.807, 2.05) is 30.3 Å². The number of hydrogen-bond donors (Lipinski definition) is 0. The zero-order valence-corrected chi connectivity index (χ0v) is 19.2. The van der Waals surface area contributed by atoms with Gasteiger partial charge in [0.15, 0.2) is 5.56 Å². The molecule has 0 spiro atoms. The number of rotatable bonds is 7. The molecule has 2 atom stereocenters. The van der Waals surface area contributed by atoms with E-state index >= 15 is 0 Å². The van der Waals surface area contributed by atoms with E-state index in [0.29, 0.717) is 12.4 Å². The average molecular weight is 438 g/mol. The molecule has 5 heteroatoms. The van der Waals surface area contributed by atoms with Crippen molar-refractivity contribution >= 4 is 31.0 Å². The Morgan fingerprint density at radius 3 is 2.17 bits per heavy atom. The third kappa shape index (κ3) is 5.25. The molecular formula is C25H26ClO3Si. The number of halogens is 1. The minimum Gasteiger partial charge on any atom is -0.532 e. The van der Waals surface area contributed by atoms with Crippen molar-refractivity contribution in [1.29, 1.82) is 0 Å². The second-order valence-electron chi connectivity index (χ2n) is 8.44. The molecule has 1 heterocycles. The van der Waals surface area contributed by atoms with Gasteiger partial charge in [-0.05, 0) is 33.5 Å². The van der Waals surface area contributed by atoms with Crippen LogP contribution < -0.4 is 19.5 Å². The van der Waals surface area contributed by atoms with E-state index in [-0.39, 0.29) is 11.5 Å². The van der Waals surface area contributed by atoms with Gasteiger partial charge in [0, 0.05) is 6.07 Å². The van der Waals surface area contributed by atoms with Crippen molar-refractivity contribution in [3.8, 4) is 11.5 Å². The van der Waals surface area contributed by atoms with Crippen molar-refractivity contribution in [3.05, 3.63) is 84.4 Å². The van der Waals surface area contributed by atoms with Gasteiger partial charge in [-0.3, -0.25) is 0 Å². The molecule has 1 unspecified atom stereocenters. The maximum atomic E-state index is 6.56. The van der Waals surface area contributed by atoms with E-state index in [1.54, 1.807) is 0 Å². The van der Waals surface area contributed by atoms with Crippen LogP contribution in [0.2, 0.25) is 0 Å². The van der Waals surface area contributed by atoms with Crippen molar-refractivity contribution in [1.82, 2.24) is 0 Å². The Balaban J connectivity index is 1.59. The summed E-state index contributed by atoms with van der Waals surface area (Å²) in [6.07, 6.45) is -0.0264. The summed E-state index contributed by atoms with van der Waals surface area (Å²) in [4.78, 5) is 0. The summed E-state index contributed by atoms with van der Waals surface area (Å²) in [5, 5.41) is 2.39. The maximum Gasteiger partial charge on any atom is 0.352 e. The fraction of sp³-hybridized carbons (Fsp3) is 0.280. The van der Waals surface area contributed by atoms with Crippen molar-refractivity contribution in [3.63, 3.8) is 0 Å². The summed E-state index contributed by atoms with van der Waals surface area (Å²) in [5.41, 5.74) is 0.948. The molecule has 30 heavy (non-hydrogen) atoms. The lowest BCUT2D eigenvalue weighted by Gasteiger charge is -2.21. The summed E-state index contributed by atoms with van der Waals surface area (Å²) in [6, 6.07) is 26.9. The smallest absolute Gasteiger partial charge is 0.352 e. The number of hydrogen-bond acceptors (Lipinski definition) is 3. The lowest BCUT2D eigenvalue weighted by atomic mass is 9.87. The van der Waals surface area contributed by atoms with Crippen LogP contribution in [0, 0.1) is 0 Å². The summed E-state index contributed by atoms with van der Waals surface area (Å²) in [5.74, 6) is 1.45. The molecule has 3 aromatic carbocycles. The quantitative estimate of drug-likeness (QED) is 0.309. The van der Waals surface area contributed by atoms with Gasteiger partial charge < -0.3 is 13.9 Å². The minimum atomic E-state index is -1.48. The van der Waals surface area contributed by atoms with Crippen LogP contribution in [0.4, 0.5) is 0 Å². The largest absolute Gasteiger partial charge is 0.532 e. The maximum absolute atomic E-state index is 6.56. The molecule has 0 bridgehead atoms. The van der Waals surface area contributed by atoms with Crippen molar-refractivity contribution < 1.29 is 13.9 Å². The first-order chi connectivity index (χ1) is 14.4. The first-order valence-electron chi connectivity index (χ1n) is 10.1. The van der Waals surface area contributed by atoms with Crippen LogP contribution in [0.3, 0.4) is 0 Å². The van der Waals surface area contributed by atoms with Gasteiger partial charge in [0.25, 0.3) is 0 Å². The molecule has 0 N–H and O–H groups in total. The highest BCUT2D eigenvalue weighted by Gasteiger charge is 2.33. The van der Waals surface area contributed by atoms with Crippen LogP contribution in [-0.4, -0.2) is 27.3 Å². The molecule has 0 saturated carbocycles. The summed E-state index contributed by atoms with van der Waals surface area (Å²) in [7, 11) is -1.48. The fourth-order valence-corrected chi connectivity index (χ4v) is 5.28. The van der Waals surface area contributed by atoms with Gasteiger partial charge in [0.1, 0.15) is 17.6 Å². The Bertz CT molecular complexity index is 966.